The van der Waals surface area contributed by atoms with Crippen molar-refractivity contribution in [1.29, 1.82) is 0 Å². The van der Waals surface area contributed by atoms with Gasteiger partial charge in [-0.05, 0) is 24.1 Å². The fourth-order valence-corrected chi connectivity index (χ4v) is 7.24. The van der Waals surface area contributed by atoms with Crippen molar-refractivity contribution in [1.82, 2.24) is 20.3 Å². The summed E-state index contributed by atoms with van der Waals surface area (Å²) in [4.78, 5) is 53.7. The van der Waals surface area contributed by atoms with Gasteiger partial charge in [0.2, 0.25) is 17.4 Å². The molecule has 0 atom stereocenters. The van der Waals surface area contributed by atoms with Gasteiger partial charge in [0.05, 0.1) is 151 Å². The van der Waals surface area contributed by atoms with Crippen LogP contribution < -0.4 is 15.8 Å². The van der Waals surface area contributed by atoms with Crippen LogP contribution in [0.5, 0.6) is 5.75 Å². The summed E-state index contributed by atoms with van der Waals surface area (Å²) >= 11 is 0. The van der Waals surface area contributed by atoms with Crippen molar-refractivity contribution >= 4 is 45.7 Å². The van der Waals surface area contributed by atoms with Crippen LogP contribution in [0, 0.1) is 23.3 Å². The van der Waals surface area contributed by atoms with Crippen molar-refractivity contribution < 1.29 is 107 Å². The van der Waals surface area contributed by atoms with E-state index in [0.717, 1.165) is 16.7 Å². The van der Waals surface area contributed by atoms with Crippen LogP contribution in [0.3, 0.4) is 0 Å². The number of fused-ring (bicyclic) bond motifs is 1. The van der Waals surface area contributed by atoms with Gasteiger partial charge in [-0.3, -0.25) is 19.0 Å². The lowest BCUT2D eigenvalue weighted by atomic mass is 10.0. The van der Waals surface area contributed by atoms with Crippen molar-refractivity contribution in [2.45, 2.75) is 31.1 Å². The number of amidine groups is 1. The predicted octanol–water partition coefficient (Wildman–Crippen LogP) is 3.78. The van der Waals surface area contributed by atoms with E-state index in [-0.39, 0.29) is 77.6 Å². The molecule has 0 radical (unpaired) electrons. The van der Waals surface area contributed by atoms with E-state index < -0.39 is 62.5 Å². The number of hydroxylamine groups is 2. The lowest BCUT2D eigenvalue weighted by molar-refractivity contribution is -0.181. The Morgan fingerprint density at radius 1 is 0.650 bits per heavy atom. The van der Waals surface area contributed by atoms with E-state index in [4.69, 9.17) is 67.2 Å². The quantitative estimate of drug-likeness (QED) is 0.0138. The SMILES string of the molecule is CCCN(OCCNC(=O)OCCOCCOCCOCCOCCOCCOCCOCCOCCOCCOCCC(=O)Oc1c(F)c(F)c(S(=O)(=O)O)c(F)c1F)C(=O)C1=Cc2ccc(-c3cncnc3)cc2N=C(N)C1. The van der Waals surface area contributed by atoms with Crippen molar-refractivity contribution in [3.05, 3.63) is 71.3 Å². The number of aromatic nitrogens is 2. The molecule has 0 fully saturated rings. The summed E-state index contributed by atoms with van der Waals surface area (Å²) in [6.45, 7) is 7.91. The molecule has 1 aliphatic heterocycles. The van der Waals surface area contributed by atoms with Gasteiger partial charge in [0.1, 0.15) is 18.8 Å². The first-order valence-electron chi connectivity index (χ1n) is 25.3. The highest BCUT2D eigenvalue weighted by atomic mass is 32.2. The van der Waals surface area contributed by atoms with Crippen molar-refractivity contribution in [3.63, 3.8) is 0 Å². The molecule has 2 heterocycles. The summed E-state index contributed by atoms with van der Waals surface area (Å²) in [6, 6.07) is 5.64. The number of halogens is 4. The Kier molecular flexibility index (Phi) is 32.3. The maximum Gasteiger partial charge on any atom is 0.407 e. The average molecular weight is 1170 g/mol. The number of benzene rings is 2. The monoisotopic (exact) mass is 1160 g/mol. The van der Waals surface area contributed by atoms with Gasteiger partial charge in [0, 0.05) is 48.6 Å². The molecule has 446 valence electrons. The lowest BCUT2D eigenvalue weighted by Crippen LogP contribution is -2.37. The number of alkyl carbamates (subject to hydrolysis) is 1. The molecule has 1 aromatic heterocycles. The van der Waals surface area contributed by atoms with Crippen LogP contribution >= 0.6 is 0 Å². The Bertz CT molecular complexity index is 2490. The summed E-state index contributed by atoms with van der Waals surface area (Å²) in [6.07, 6.45) is 6.16. The van der Waals surface area contributed by atoms with Crippen LogP contribution in [0.4, 0.5) is 28.0 Å². The summed E-state index contributed by atoms with van der Waals surface area (Å²) in [5.74, 6) is -12.8. The maximum atomic E-state index is 14.0. The van der Waals surface area contributed by atoms with E-state index in [1.807, 2.05) is 25.1 Å². The number of ether oxygens (including phenoxy) is 12. The molecule has 0 unspecified atom stereocenters. The van der Waals surface area contributed by atoms with Gasteiger partial charge < -0.3 is 67.9 Å². The van der Waals surface area contributed by atoms with Gasteiger partial charge in [-0.2, -0.15) is 17.2 Å². The summed E-state index contributed by atoms with van der Waals surface area (Å²) in [5.41, 5.74) is 9.68. The Morgan fingerprint density at radius 3 is 1.57 bits per heavy atom. The smallest absolute Gasteiger partial charge is 0.407 e. The molecule has 4 N–H and O–H groups in total. The number of nitrogens with one attached hydrogen (secondary N) is 1. The first-order chi connectivity index (χ1) is 38.7. The molecular formula is C50H68F4N6O19S. The van der Waals surface area contributed by atoms with E-state index in [0.29, 0.717) is 117 Å². The van der Waals surface area contributed by atoms with E-state index in [1.165, 1.54) is 11.4 Å². The lowest BCUT2D eigenvalue weighted by Gasteiger charge is -2.22. The maximum absolute atomic E-state index is 14.0. The molecule has 80 heavy (non-hydrogen) atoms. The number of nitrogens with zero attached hydrogens (tertiary/aromatic N) is 4. The second kappa shape index (κ2) is 38.7. The minimum absolute atomic E-state index is 0.0138. The van der Waals surface area contributed by atoms with Gasteiger partial charge in [-0.15, -0.1) is 0 Å². The van der Waals surface area contributed by atoms with Gasteiger partial charge in [-0.25, -0.2) is 33.6 Å². The largest absolute Gasteiger partial charge is 0.447 e. The van der Waals surface area contributed by atoms with E-state index >= 15 is 0 Å². The number of aliphatic imine (C=N–C) groups is 1. The van der Waals surface area contributed by atoms with Crippen LogP contribution in [-0.4, -0.2) is 210 Å². The standard InChI is InChI=1S/C50H68F4N6O19S/c1-2-7-60(49(62)38-30-37-4-3-36(39-33-56-35-57-34-39)31-40(37)59-41(55)32-38)78-9-6-58-50(63)77-29-28-76-27-26-75-25-24-74-23-22-73-21-20-72-19-18-71-17-16-70-15-14-69-13-12-68-11-10-67-8-5-42(61)79-47-43(51)45(53)48(80(64,65)66)46(54)44(47)52/h3-4,30-31,33-35H,2,5-29,32H2,1H3,(H2,55,59)(H,58,63)(H,64,65,66). The summed E-state index contributed by atoms with van der Waals surface area (Å²) in [5, 5.41) is 3.85. The van der Waals surface area contributed by atoms with E-state index in [9.17, 15) is 40.4 Å². The van der Waals surface area contributed by atoms with Crippen molar-refractivity contribution in [3.8, 4) is 16.9 Å². The number of rotatable bonds is 43. The number of amides is 2. The number of esters is 1. The zero-order valence-electron chi connectivity index (χ0n) is 44.2. The third-order valence-corrected chi connectivity index (χ3v) is 11.2. The van der Waals surface area contributed by atoms with Crippen molar-refractivity contribution in [2.24, 2.45) is 10.7 Å². The van der Waals surface area contributed by atoms with E-state index in [1.54, 1.807) is 18.5 Å². The minimum atomic E-state index is -5.65. The fourth-order valence-electron chi connectivity index (χ4n) is 6.61. The molecule has 2 amide bonds. The topological polar surface area (TPSA) is 305 Å². The number of hydrogen-bond donors (Lipinski definition) is 3. The van der Waals surface area contributed by atoms with Gasteiger partial charge in [0.25, 0.3) is 5.91 Å². The zero-order valence-corrected chi connectivity index (χ0v) is 45.0. The first kappa shape index (κ1) is 66.6. The highest BCUT2D eigenvalue weighted by Crippen LogP contribution is 2.33. The molecule has 0 spiro atoms. The molecule has 3 aromatic rings. The molecule has 0 aliphatic carbocycles. The molecule has 25 nitrogen and oxygen atoms in total. The molecule has 1 aliphatic rings. The zero-order chi connectivity index (χ0) is 57.8. The van der Waals surface area contributed by atoms with Crippen LogP contribution in [0.25, 0.3) is 17.2 Å². The van der Waals surface area contributed by atoms with Crippen LogP contribution in [-0.2, 0) is 76.7 Å². The van der Waals surface area contributed by atoms with Crippen molar-refractivity contribution in [2.75, 3.05) is 158 Å². The average Bonchev–Trinajstić information content (AvgIpc) is 3.74. The van der Waals surface area contributed by atoms with Crippen LogP contribution in [0.15, 0.2) is 52.4 Å². The first-order valence-corrected chi connectivity index (χ1v) is 26.7. The summed E-state index contributed by atoms with van der Waals surface area (Å²) < 4.78 is 150. The molecule has 2 aromatic carbocycles. The Balaban J connectivity index is 0.838. The Hall–Kier alpha value is -5.87. The van der Waals surface area contributed by atoms with Gasteiger partial charge in [-0.1, -0.05) is 19.1 Å². The molecule has 30 heteroatoms. The Labute approximate surface area is 459 Å². The molecular weight excluding hydrogens is 1100 g/mol. The number of carbonyl (C=O) groups is 3. The number of hydrogen-bond acceptors (Lipinski definition) is 22. The number of nitrogens with two attached hydrogens (primary N) is 1. The molecule has 0 bridgehead atoms. The van der Waals surface area contributed by atoms with Crippen LogP contribution in [0.2, 0.25) is 0 Å². The molecule has 0 saturated carbocycles. The van der Waals surface area contributed by atoms with Gasteiger partial charge >= 0.3 is 22.2 Å². The third kappa shape index (κ3) is 25.7. The van der Waals surface area contributed by atoms with E-state index in [2.05, 4.69) is 25.0 Å². The second-order valence-electron chi connectivity index (χ2n) is 16.4. The van der Waals surface area contributed by atoms with Gasteiger partial charge in [0.15, 0.2) is 16.5 Å². The highest BCUT2D eigenvalue weighted by molar-refractivity contribution is 7.85. The van der Waals surface area contributed by atoms with Crippen LogP contribution in [0.1, 0.15) is 31.7 Å². The minimum Gasteiger partial charge on any atom is -0.447 e. The number of carbonyl (C=O) groups excluding carboxylic acids is 3. The highest BCUT2D eigenvalue weighted by Gasteiger charge is 2.34. The summed E-state index contributed by atoms with van der Waals surface area (Å²) in [7, 11) is -5.65. The Morgan fingerprint density at radius 2 is 1.11 bits per heavy atom. The second-order valence-corrected chi connectivity index (χ2v) is 17.7. The fraction of sp³-hybridized carbons (Fsp3) is 0.560. The normalized spacial score (nSPS) is 12.4. The molecule has 0 saturated heterocycles. The predicted molar refractivity (Wildman–Crippen MR) is 273 cm³/mol. The molecule has 4 rings (SSSR count). The third-order valence-electron chi connectivity index (χ3n) is 10.4.